The Balaban J connectivity index is 3.20. The third-order valence-electron chi connectivity index (χ3n) is 1.63. The summed E-state index contributed by atoms with van der Waals surface area (Å²) in [7, 11) is 1.65. The average Bonchev–Trinajstić information content (AvgIpc) is 2.03. The number of hydrogen-bond donors (Lipinski definition) is 1. The van der Waals surface area contributed by atoms with Gasteiger partial charge in [0.2, 0.25) is 0 Å². The molecule has 0 aromatic heterocycles. The monoisotopic (exact) mass is 167 g/mol. The van der Waals surface area contributed by atoms with E-state index in [-0.39, 0.29) is 11.6 Å². The van der Waals surface area contributed by atoms with E-state index in [1.54, 1.807) is 7.05 Å². The van der Waals surface area contributed by atoms with Crippen LogP contribution in [0.2, 0.25) is 0 Å². The second-order valence-electron chi connectivity index (χ2n) is 2.50. The van der Waals surface area contributed by atoms with Gasteiger partial charge < -0.3 is 5.32 Å². The van der Waals surface area contributed by atoms with Crippen LogP contribution in [0.3, 0.4) is 0 Å². The third-order valence-corrected chi connectivity index (χ3v) is 1.63. The number of hydrogen-bond acceptors (Lipinski definition) is 2. The van der Waals surface area contributed by atoms with E-state index in [0.29, 0.717) is 11.3 Å². The molecule has 12 heavy (non-hydrogen) atoms. The summed E-state index contributed by atoms with van der Waals surface area (Å²) in [6.07, 6.45) is 0. The standard InChI is InChI=1S/C9H10FNO/c1-6(12)8-4-3-7(10)5-9(8)11-2/h3-5,11H,1-2H3. The van der Waals surface area contributed by atoms with Crippen molar-refractivity contribution in [3.05, 3.63) is 29.6 Å². The molecule has 1 rings (SSSR count). The van der Waals surface area contributed by atoms with E-state index >= 15 is 0 Å². The zero-order valence-corrected chi connectivity index (χ0v) is 7.02. The van der Waals surface area contributed by atoms with Gasteiger partial charge in [0.25, 0.3) is 0 Å². The van der Waals surface area contributed by atoms with Crippen LogP contribution in [0.25, 0.3) is 0 Å². The molecule has 1 aromatic carbocycles. The Morgan fingerprint density at radius 1 is 1.50 bits per heavy atom. The summed E-state index contributed by atoms with van der Waals surface area (Å²) in [5, 5.41) is 2.76. The highest BCUT2D eigenvalue weighted by Crippen LogP contribution is 2.16. The Labute approximate surface area is 70.4 Å². The number of halogens is 1. The van der Waals surface area contributed by atoms with Crippen LogP contribution in [0, 0.1) is 5.82 Å². The number of Topliss-reactive ketones (excluding diaryl/α,β-unsaturated/α-hetero) is 1. The van der Waals surface area contributed by atoms with Gasteiger partial charge in [-0.05, 0) is 25.1 Å². The second-order valence-corrected chi connectivity index (χ2v) is 2.50. The van der Waals surface area contributed by atoms with E-state index in [2.05, 4.69) is 5.32 Å². The van der Waals surface area contributed by atoms with Crippen LogP contribution in [-0.2, 0) is 0 Å². The molecule has 0 fully saturated rings. The van der Waals surface area contributed by atoms with Crippen molar-refractivity contribution in [2.75, 3.05) is 12.4 Å². The minimum Gasteiger partial charge on any atom is -0.387 e. The van der Waals surface area contributed by atoms with Gasteiger partial charge in [0.1, 0.15) is 5.82 Å². The summed E-state index contributed by atoms with van der Waals surface area (Å²) in [6.45, 7) is 1.45. The maximum atomic E-state index is 12.6. The van der Waals surface area contributed by atoms with Gasteiger partial charge in [-0.25, -0.2) is 4.39 Å². The van der Waals surface area contributed by atoms with Crippen molar-refractivity contribution >= 4 is 11.5 Å². The molecule has 3 heteroatoms. The summed E-state index contributed by atoms with van der Waals surface area (Å²) in [5.74, 6) is -0.413. The number of carbonyl (C=O) groups excluding carboxylic acids is 1. The molecule has 0 spiro atoms. The van der Waals surface area contributed by atoms with E-state index in [0.717, 1.165) is 0 Å². The van der Waals surface area contributed by atoms with Crippen molar-refractivity contribution in [1.29, 1.82) is 0 Å². The second kappa shape index (κ2) is 3.34. The molecule has 2 nitrogen and oxygen atoms in total. The molecule has 0 aliphatic rings. The lowest BCUT2D eigenvalue weighted by molar-refractivity contribution is 0.101. The summed E-state index contributed by atoms with van der Waals surface area (Å²) in [6, 6.07) is 4.05. The quantitative estimate of drug-likeness (QED) is 0.683. The van der Waals surface area contributed by atoms with Gasteiger partial charge >= 0.3 is 0 Å². The van der Waals surface area contributed by atoms with Crippen LogP contribution >= 0.6 is 0 Å². The number of benzene rings is 1. The lowest BCUT2D eigenvalue weighted by atomic mass is 10.1. The minimum atomic E-state index is -0.343. The van der Waals surface area contributed by atoms with E-state index in [1.807, 2.05) is 0 Å². The van der Waals surface area contributed by atoms with Gasteiger partial charge in [-0.3, -0.25) is 4.79 Å². The molecule has 0 radical (unpaired) electrons. The van der Waals surface area contributed by atoms with Crippen LogP contribution in [0.5, 0.6) is 0 Å². The SMILES string of the molecule is CNc1cc(F)ccc1C(C)=O. The van der Waals surface area contributed by atoms with Crippen molar-refractivity contribution in [3.8, 4) is 0 Å². The first-order valence-electron chi connectivity index (χ1n) is 3.63. The predicted octanol–water partition coefficient (Wildman–Crippen LogP) is 2.07. The van der Waals surface area contributed by atoms with Crippen molar-refractivity contribution in [2.45, 2.75) is 6.92 Å². The van der Waals surface area contributed by atoms with E-state index in [1.165, 1.54) is 25.1 Å². The number of rotatable bonds is 2. The summed E-state index contributed by atoms with van der Waals surface area (Å²) in [5.41, 5.74) is 1.04. The van der Waals surface area contributed by atoms with Gasteiger partial charge in [0.05, 0.1) is 0 Å². The molecular formula is C9H10FNO. The summed E-state index contributed by atoms with van der Waals surface area (Å²) in [4.78, 5) is 11.0. The molecule has 0 unspecified atom stereocenters. The van der Waals surface area contributed by atoms with Gasteiger partial charge in [0, 0.05) is 18.3 Å². The van der Waals surface area contributed by atoms with E-state index in [4.69, 9.17) is 0 Å². The fourth-order valence-electron chi connectivity index (χ4n) is 1.03. The molecule has 1 aromatic rings. The maximum absolute atomic E-state index is 12.6. The molecule has 0 atom stereocenters. The zero-order valence-electron chi connectivity index (χ0n) is 7.02. The van der Waals surface area contributed by atoms with E-state index < -0.39 is 0 Å². The smallest absolute Gasteiger partial charge is 0.161 e. The Bertz CT molecular complexity index is 309. The molecule has 0 heterocycles. The highest BCUT2D eigenvalue weighted by atomic mass is 19.1. The van der Waals surface area contributed by atoms with Gasteiger partial charge in [-0.1, -0.05) is 0 Å². The highest BCUT2D eigenvalue weighted by Gasteiger charge is 2.05. The zero-order chi connectivity index (χ0) is 9.14. The number of ketones is 1. The van der Waals surface area contributed by atoms with Crippen LogP contribution in [0.15, 0.2) is 18.2 Å². The van der Waals surface area contributed by atoms with Crippen LogP contribution < -0.4 is 5.32 Å². The number of nitrogens with one attached hydrogen (secondary N) is 1. The summed E-state index contributed by atoms with van der Waals surface area (Å²) < 4.78 is 12.6. The van der Waals surface area contributed by atoms with Crippen molar-refractivity contribution in [3.63, 3.8) is 0 Å². The van der Waals surface area contributed by atoms with Crippen LogP contribution in [0.1, 0.15) is 17.3 Å². The lowest BCUT2D eigenvalue weighted by Gasteiger charge is -2.04. The molecule has 0 saturated heterocycles. The van der Waals surface area contributed by atoms with Crippen LogP contribution in [0.4, 0.5) is 10.1 Å². The molecule has 0 amide bonds. The molecule has 1 N–H and O–H groups in total. The first-order chi connectivity index (χ1) is 5.65. The predicted molar refractivity (Wildman–Crippen MR) is 46.0 cm³/mol. The maximum Gasteiger partial charge on any atom is 0.161 e. The largest absolute Gasteiger partial charge is 0.387 e. The van der Waals surface area contributed by atoms with Gasteiger partial charge in [-0.2, -0.15) is 0 Å². The highest BCUT2D eigenvalue weighted by molar-refractivity contribution is 5.99. The van der Waals surface area contributed by atoms with Crippen LogP contribution in [-0.4, -0.2) is 12.8 Å². The molecule has 64 valence electrons. The molecule has 0 aliphatic heterocycles. The first-order valence-corrected chi connectivity index (χ1v) is 3.63. The molecule has 0 saturated carbocycles. The molecule has 0 bridgehead atoms. The number of carbonyl (C=O) groups is 1. The van der Waals surface area contributed by atoms with Crippen molar-refractivity contribution in [2.24, 2.45) is 0 Å². The normalized spacial score (nSPS) is 9.58. The topological polar surface area (TPSA) is 29.1 Å². The Hall–Kier alpha value is -1.38. The Morgan fingerprint density at radius 3 is 2.67 bits per heavy atom. The van der Waals surface area contributed by atoms with Crippen molar-refractivity contribution in [1.82, 2.24) is 0 Å². The Kier molecular flexibility index (Phi) is 2.43. The minimum absolute atomic E-state index is 0.0700. The van der Waals surface area contributed by atoms with Gasteiger partial charge in [0.15, 0.2) is 5.78 Å². The summed E-state index contributed by atoms with van der Waals surface area (Å²) >= 11 is 0. The third kappa shape index (κ3) is 1.61. The Morgan fingerprint density at radius 2 is 2.17 bits per heavy atom. The first kappa shape index (κ1) is 8.71. The fourth-order valence-corrected chi connectivity index (χ4v) is 1.03. The van der Waals surface area contributed by atoms with Gasteiger partial charge in [-0.15, -0.1) is 0 Å². The molecule has 0 aliphatic carbocycles. The lowest BCUT2D eigenvalue weighted by Crippen LogP contribution is -2.00. The molecular weight excluding hydrogens is 157 g/mol. The van der Waals surface area contributed by atoms with E-state index in [9.17, 15) is 9.18 Å². The van der Waals surface area contributed by atoms with Crippen molar-refractivity contribution < 1.29 is 9.18 Å². The number of anilines is 1. The fraction of sp³-hybridized carbons (Fsp3) is 0.222. The average molecular weight is 167 g/mol.